The molecular formula is C29H30F2N2O3. The maximum Gasteiger partial charge on any atom is 0.251 e. The van der Waals surface area contributed by atoms with E-state index in [1.807, 2.05) is 12.1 Å². The molecule has 188 valence electrons. The lowest BCUT2D eigenvalue weighted by molar-refractivity contribution is 0.0830. The Kier molecular flexibility index (Phi) is 8.23. The Balaban J connectivity index is 1.47. The summed E-state index contributed by atoms with van der Waals surface area (Å²) in [7, 11) is 0. The Morgan fingerprint density at radius 3 is 2.47 bits per heavy atom. The van der Waals surface area contributed by atoms with E-state index >= 15 is 0 Å². The number of Topliss-reactive ketones (excluding diaryl/α,β-unsaturated/α-hetero) is 1. The summed E-state index contributed by atoms with van der Waals surface area (Å²) >= 11 is 0. The molecule has 4 rings (SSSR count). The van der Waals surface area contributed by atoms with Gasteiger partial charge in [0, 0.05) is 36.7 Å². The molecule has 0 bridgehead atoms. The number of rotatable bonds is 10. The number of hydrogen-bond donors (Lipinski definition) is 3. The van der Waals surface area contributed by atoms with Gasteiger partial charge in [0.1, 0.15) is 11.6 Å². The second-order valence-electron chi connectivity index (χ2n) is 9.23. The number of carbonyl (C=O) groups is 2. The number of halogens is 2. The Hall–Kier alpha value is -3.42. The van der Waals surface area contributed by atoms with Crippen LogP contribution in [0.4, 0.5) is 8.78 Å². The third kappa shape index (κ3) is 6.42. The minimum absolute atomic E-state index is 0.00260. The number of aliphatic hydroxyl groups excluding tert-OH is 1. The Bertz CT molecular complexity index is 1240. The van der Waals surface area contributed by atoms with E-state index in [2.05, 4.69) is 29.7 Å². The molecule has 1 aliphatic rings. The fourth-order valence-corrected chi connectivity index (χ4v) is 4.56. The SMILES string of the molecule is CCc1cccc(CNCC(O)C(Cc2cc(F)cc(F)c2)NC(=O)c2ccc3c(c2)C(=O)CC3)c1. The van der Waals surface area contributed by atoms with E-state index in [0.29, 0.717) is 36.1 Å². The monoisotopic (exact) mass is 492 g/mol. The van der Waals surface area contributed by atoms with Gasteiger partial charge in [0.2, 0.25) is 0 Å². The van der Waals surface area contributed by atoms with Gasteiger partial charge < -0.3 is 15.7 Å². The van der Waals surface area contributed by atoms with E-state index in [1.165, 1.54) is 17.7 Å². The van der Waals surface area contributed by atoms with Crippen molar-refractivity contribution in [1.29, 1.82) is 0 Å². The molecule has 0 saturated heterocycles. The van der Waals surface area contributed by atoms with E-state index in [4.69, 9.17) is 0 Å². The molecular weight excluding hydrogens is 462 g/mol. The third-order valence-electron chi connectivity index (χ3n) is 6.54. The van der Waals surface area contributed by atoms with Crippen LogP contribution in [0, 0.1) is 11.6 Å². The lowest BCUT2D eigenvalue weighted by Gasteiger charge is -2.25. The first-order chi connectivity index (χ1) is 17.3. The molecule has 3 aromatic rings. The van der Waals surface area contributed by atoms with E-state index in [9.17, 15) is 23.5 Å². The molecule has 5 nitrogen and oxygen atoms in total. The van der Waals surface area contributed by atoms with E-state index in [-0.39, 0.29) is 18.7 Å². The summed E-state index contributed by atoms with van der Waals surface area (Å²) in [6, 6.07) is 15.4. The van der Waals surface area contributed by atoms with Crippen molar-refractivity contribution in [2.24, 2.45) is 0 Å². The van der Waals surface area contributed by atoms with Gasteiger partial charge in [0.25, 0.3) is 5.91 Å². The van der Waals surface area contributed by atoms with Crippen molar-refractivity contribution >= 4 is 11.7 Å². The smallest absolute Gasteiger partial charge is 0.251 e. The van der Waals surface area contributed by atoms with Gasteiger partial charge in [-0.2, -0.15) is 0 Å². The van der Waals surface area contributed by atoms with Crippen LogP contribution in [0.5, 0.6) is 0 Å². The predicted octanol–water partition coefficient (Wildman–Crippen LogP) is 4.15. The van der Waals surface area contributed by atoms with Crippen molar-refractivity contribution in [2.45, 2.75) is 51.3 Å². The van der Waals surface area contributed by atoms with Crippen LogP contribution in [0.1, 0.15) is 56.3 Å². The zero-order valence-electron chi connectivity index (χ0n) is 20.2. The number of hydrogen-bond acceptors (Lipinski definition) is 4. The summed E-state index contributed by atoms with van der Waals surface area (Å²) in [5, 5.41) is 17.0. The van der Waals surface area contributed by atoms with Crippen LogP contribution in [0.2, 0.25) is 0 Å². The molecule has 0 fully saturated rings. The second kappa shape index (κ2) is 11.5. The van der Waals surface area contributed by atoms with Gasteiger partial charge in [-0.25, -0.2) is 8.78 Å². The van der Waals surface area contributed by atoms with E-state index in [1.54, 1.807) is 18.2 Å². The summed E-state index contributed by atoms with van der Waals surface area (Å²) in [4.78, 5) is 25.2. The Morgan fingerprint density at radius 1 is 0.972 bits per heavy atom. The molecule has 36 heavy (non-hydrogen) atoms. The van der Waals surface area contributed by atoms with Crippen LogP contribution in [0.3, 0.4) is 0 Å². The van der Waals surface area contributed by atoms with Crippen LogP contribution in [-0.2, 0) is 25.8 Å². The predicted molar refractivity (Wildman–Crippen MR) is 134 cm³/mol. The van der Waals surface area contributed by atoms with Crippen LogP contribution >= 0.6 is 0 Å². The molecule has 3 N–H and O–H groups in total. The van der Waals surface area contributed by atoms with Gasteiger partial charge in [0.15, 0.2) is 5.78 Å². The van der Waals surface area contributed by atoms with E-state index in [0.717, 1.165) is 23.6 Å². The van der Waals surface area contributed by atoms with Crippen LogP contribution < -0.4 is 10.6 Å². The lowest BCUT2D eigenvalue weighted by Crippen LogP contribution is -2.48. The number of nitrogens with one attached hydrogen (secondary N) is 2. The van der Waals surface area contributed by atoms with Crippen molar-refractivity contribution in [1.82, 2.24) is 10.6 Å². The molecule has 7 heteroatoms. The normalized spacial score (nSPS) is 14.4. The highest BCUT2D eigenvalue weighted by atomic mass is 19.1. The number of aryl methyl sites for hydroxylation is 2. The minimum atomic E-state index is -1.04. The van der Waals surface area contributed by atoms with Gasteiger partial charge in [-0.3, -0.25) is 9.59 Å². The zero-order chi connectivity index (χ0) is 25.7. The molecule has 0 heterocycles. The lowest BCUT2D eigenvalue weighted by atomic mass is 9.99. The summed E-state index contributed by atoms with van der Waals surface area (Å²) in [6.07, 6.45) is 1.00. The van der Waals surface area contributed by atoms with Crippen molar-refractivity contribution in [3.63, 3.8) is 0 Å². The number of aliphatic hydroxyl groups is 1. The number of fused-ring (bicyclic) bond motifs is 1. The first-order valence-electron chi connectivity index (χ1n) is 12.2. The maximum absolute atomic E-state index is 13.8. The average Bonchev–Trinajstić information content (AvgIpc) is 3.23. The number of amides is 1. The van der Waals surface area contributed by atoms with Crippen molar-refractivity contribution < 1.29 is 23.5 Å². The largest absolute Gasteiger partial charge is 0.390 e. The molecule has 0 spiro atoms. The Morgan fingerprint density at radius 2 is 1.72 bits per heavy atom. The number of carbonyl (C=O) groups excluding carboxylic acids is 2. The quantitative estimate of drug-likeness (QED) is 0.397. The van der Waals surface area contributed by atoms with Crippen molar-refractivity contribution in [2.75, 3.05) is 6.54 Å². The first-order valence-corrected chi connectivity index (χ1v) is 12.2. The molecule has 3 aromatic carbocycles. The maximum atomic E-state index is 13.8. The molecule has 1 aliphatic carbocycles. The average molecular weight is 493 g/mol. The van der Waals surface area contributed by atoms with Gasteiger partial charge in [-0.1, -0.05) is 37.3 Å². The highest BCUT2D eigenvalue weighted by Gasteiger charge is 2.25. The second-order valence-corrected chi connectivity index (χ2v) is 9.23. The van der Waals surface area contributed by atoms with Crippen molar-refractivity contribution in [3.05, 3.63) is 106 Å². The highest BCUT2D eigenvalue weighted by Crippen LogP contribution is 2.23. The fourth-order valence-electron chi connectivity index (χ4n) is 4.56. The topological polar surface area (TPSA) is 78.4 Å². The standard InChI is InChI=1S/C29H30F2N2O3/c1-2-18-4-3-5-19(10-18)16-32-17-28(35)26(13-20-11-23(30)15-24(31)12-20)33-29(36)22-7-6-21-8-9-27(34)25(21)14-22/h3-7,10-12,14-15,26,28,32,35H,2,8-9,13,16-17H2,1H3,(H,33,36). The first kappa shape index (κ1) is 25.7. The summed E-state index contributed by atoms with van der Waals surface area (Å²) in [5.74, 6) is -1.91. The van der Waals surface area contributed by atoms with E-state index < -0.39 is 29.7 Å². The molecule has 1 amide bonds. The fraction of sp³-hybridized carbons (Fsp3) is 0.310. The Labute approximate surface area is 209 Å². The van der Waals surface area contributed by atoms with Gasteiger partial charge in [-0.15, -0.1) is 0 Å². The number of ketones is 1. The summed E-state index contributed by atoms with van der Waals surface area (Å²) in [6.45, 7) is 2.75. The molecule has 0 aliphatic heterocycles. The molecule has 2 unspecified atom stereocenters. The molecule has 0 radical (unpaired) electrons. The molecule has 0 aromatic heterocycles. The number of benzene rings is 3. The summed E-state index contributed by atoms with van der Waals surface area (Å²) < 4.78 is 27.6. The zero-order valence-corrected chi connectivity index (χ0v) is 20.2. The van der Waals surface area contributed by atoms with Crippen LogP contribution in [0.15, 0.2) is 60.7 Å². The highest BCUT2D eigenvalue weighted by molar-refractivity contribution is 6.03. The van der Waals surface area contributed by atoms with Crippen LogP contribution in [-0.4, -0.2) is 35.5 Å². The molecule has 0 saturated carbocycles. The van der Waals surface area contributed by atoms with Crippen LogP contribution in [0.25, 0.3) is 0 Å². The van der Waals surface area contributed by atoms with Gasteiger partial charge in [-0.05, 0) is 65.8 Å². The third-order valence-corrected chi connectivity index (χ3v) is 6.54. The van der Waals surface area contributed by atoms with Gasteiger partial charge in [0.05, 0.1) is 12.1 Å². The summed E-state index contributed by atoms with van der Waals surface area (Å²) in [5.41, 5.74) is 4.35. The molecule has 2 atom stereocenters. The van der Waals surface area contributed by atoms with Crippen molar-refractivity contribution in [3.8, 4) is 0 Å². The van der Waals surface area contributed by atoms with Gasteiger partial charge >= 0.3 is 0 Å². The minimum Gasteiger partial charge on any atom is -0.390 e.